The molecule has 0 saturated carbocycles. The molecular weight excluding hydrogens is 216 g/mol. The highest BCUT2D eigenvalue weighted by Crippen LogP contribution is 2.11. The van der Waals surface area contributed by atoms with Crippen molar-refractivity contribution in [3.05, 3.63) is 11.4 Å². The molecule has 0 unspecified atom stereocenters. The molecule has 0 atom stereocenters. The monoisotopic (exact) mass is 238 g/mol. The highest BCUT2D eigenvalue weighted by molar-refractivity contribution is 5.04. The quantitative estimate of drug-likeness (QED) is 0.839. The Balaban J connectivity index is 1.70. The number of aromatic nitrogens is 2. The maximum absolute atomic E-state index is 4.69. The standard InChI is InChI=1S/C12H22N4O/c1-3-6-16-7-4-11(5-8-16)13-9-12-10(2)14-17-15-12/h11,13H,3-9H2,1-2H3. The first kappa shape index (κ1) is 12.5. The number of aryl methyl sites for hydroxylation is 1. The minimum Gasteiger partial charge on any atom is -0.308 e. The van der Waals surface area contributed by atoms with Crippen LogP contribution in [0.2, 0.25) is 0 Å². The van der Waals surface area contributed by atoms with Gasteiger partial charge in [0.15, 0.2) is 0 Å². The Kier molecular flexibility index (Phi) is 4.50. The zero-order valence-electron chi connectivity index (χ0n) is 10.8. The van der Waals surface area contributed by atoms with Crippen molar-refractivity contribution in [2.45, 2.75) is 45.7 Å². The summed E-state index contributed by atoms with van der Waals surface area (Å²) in [6.45, 7) is 8.60. The van der Waals surface area contributed by atoms with Crippen LogP contribution in [0, 0.1) is 6.92 Å². The molecule has 2 rings (SSSR count). The molecule has 0 aliphatic carbocycles. The molecule has 0 amide bonds. The van der Waals surface area contributed by atoms with Gasteiger partial charge in [0.1, 0.15) is 11.4 Å². The summed E-state index contributed by atoms with van der Waals surface area (Å²) in [5, 5.41) is 11.2. The third kappa shape index (κ3) is 3.51. The zero-order valence-corrected chi connectivity index (χ0v) is 10.8. The fourth-order valence-electron chi connectivity index (χ4n) is 2.33. The van der Waals surface area contributed by atoms with E-state index in [1.54, 1.807) is 0 Å². The molecule has 0 spiro atoms. The van der Waals surface area contributed by atoms with Crippen LogP contribution in [-0.2, 0) is 6.54 Å². The van der Waals surface area contributed by atoms with Crippen LogP contribution in [0.3, 0.4) is 0 Å². The smallest absolute Gasteiger partial charge is 0.121 e. The number of piperidine rings is 1. The molecule has 1 aromatic heterocycles. The SMILES string of the molecule is CCCN1CCC(NCc2nonc2C)CC1. The average Bonchev–Trinajstić information content (AvgIpc) is 2.75. The summed E-state index contributed by atoms with van der Waals surface area (Å²) in [7, 11) is 0. The van der Waals surface area contributed by atoms with Gasteiger partial charge in [0.25, 0.3) is 0 Å². The van der Waals surface area contributed by atoms with Gasteiger partial charge in [-0.15, -0.1) is 0 Å². The molecular formula is C12H22N4O. The first-order valence-electron chi connectivity index (χ1n) is 6.53. The van der Waals surface area contributed by atoms with E-state index in [1.165, 1.54) is 38.9 Å². The number of hydrogen-bond acceptors (Lipinski definition) is 5. The van der Waals surface area contributed by atoms with Crippen LogP contribution in [0.1, 0.15) is 37.6 Å². The molecule has 96 valence electrons. The maximum atomic E-state index is 4.69. The lowest BCUT2D eigenvalue weighted by Gasteiger charge is -2.32. The second-order valence-corrected chi connectivity index (χ2v) is 4.79. The highest BCUT2D eigenvalue weighted by Gasteiger charge is 2.18. The number of likely N-dealkylation sites (tertiary alicyclic amines) is 1. The van der Waals surface area contributed by atoms with Gasteiger partial charge in [-0.2, -0.15) is 0 Å². The Bertz CT molecular complexity index is 331. The van der Waals surface area contributed by atoms with Gasteiger partial charge in [-0.1, -0.05) is 17.2 Å². The van der Waals surface area contributed by atoms with Gasteiger partial charge >= 0.3 is 0 Å². The Morgan fingerprint density at radius 3 is 2.71 bits per heavy atom. The highest BCUT2D eigenvalue weighted by atomic mass is 16.6. The third-order valence-corrected chi connectivity index (χ3v) is 3.43. The van der Waals surface area contributed by atoms with Gasteiger partial charge in [0.2, 0.25) is 0 Å². The predicted molar refractivity (Wildman–Crippen MR) is 65.6 cm³/mol. The molecule has 0 aromatic carbocycles. The van der Waals surface area contributed by atoms with Gasteiger partial charge in [-0.25, -0.2) is 4.63 Å². The topological polar surface area (TPSA) is 54.2 Å². The van der Waals surface area contributed by atoms with Crippen molar-refractivity contribution in [1.29, 1.82) is 0 Å². The molecule has 1 fully saturated rings. The molecule has 1 N–H and O–H groups in total. The van der Waals surface area contributed by atoms with Gasteiger partial charge in [0, 0.05) is 12.6 Å². The van der Waals surface area contributed by atoms with Gasteiger partial charge in [-0.3, -0.25) is 0 Å². The minimum atomic E-state index is 0.610. The number of rotatable bonds is 5. The molecule has 17 heavy (non-hydrogen) atoms. The minimum absolute atomic E-state index is 0.610. The maximum Gasteiger partial charge on any atom is 0.121 e. The van der Waals surface area contributed by atoms with Crippen molar-refractivity contribution in [3.8, 4) is 0 Å². The van der Waals surface area contributed by atoms with E-state index in [-0.39, 0.29) is 0 Å². The van der Waals surface area contributed by atoms with Crippen LogP contribution in [0.25, 0.3) is 0 Å². The van der Waals surface area contributed by atoms with Crippen molar-refractivity contribution in [2.75, 3.05) is 19.6 Å². The van der Waals surface area contributed by atoms with E-state index in [9.17, 15) is 0 Å². The van der Waals surface area contributed by atoms with E-state index in [0.29, 0.717) is 6.04 Å². The summed E-state index contributed by atoms with van der Waals surface area (Å²) >= 11 is 0. The van der Waals surface area contributed by atoms with E-state index < -0.39 is 0 Å². The molecule has 0 bridgehead atoms. The van der Waals surface area contributed by atoms with Crippen LogP contribution >= 0.6 is 0 Å². The van der Waals surface area contributed by atoms with E-state index >= 15 is 0 Å². The summed E-state index contributed by atoms with van der Waals surface area (Å²) in [4.78, 5) is 2.54. The summed E-state index contributed by atoms with van der Waals surface area (Å²) in [6.07, 6.45) is 3.70. The van der Waals surface area contributed by atoms with Gasteiger partial charge < -0.3 is 10.2 Å². The summed E-state index contributed by atoms with van der Waals surface area (Å²) in [5.41, 5.74) is 1.82. The molecule has 1 aromatic rings. The Labute approximate surface area is 103 Å². The molecule has 0 radical (unpaired) electrons. The zero-order chi connectivity index (χ0) is 12.1. The molecule has 5 heteroatoms. The summed E-state index contributed by atoms with van der Waals surface area (Å²) in [5.74, 6) is 0. The number of hydrogen-bond donors (Lipinski definition) is 1. The second-order valence-electron chi connectivity index (χ2n) is 4.79. The van der Waals surface area contributed by atoms with Crippen LogP contribution in [-0.4, -0.2) is 40.9 Å². The van der Waals surface area contributed by atoms with E-state index in [1.807, 2.05) is 6.92 Å². The normalized spacial score (nSPS) is 18.7. The summed E-state index contributed by atoms with van der Waals surface area (Å²) in [6, 6.07) is 0.610. The van der Waals surface area contributed by atoms with Crippen LogP contribution in [0.5, 0.6) is 0 Å². The summed E-state index contributed by atoms with van der Waals surface area (Å²) < 4.78 is 4.69. The van der Waals surface area contributed by atoms with Crippen molar-refractivity contribution in [1.82, 2.24) is 20.5 Å². The predicted octanol–water partition coefficient (Wildman–Crippen LogP) is 1.34. The van der Waals surface area contributed by atoms with E-state index in [2.05, 4.69) is 32.1 Å². The molecule has 1 aliphatic rings. The van der Waals surface area contributed by atoms with Crippen LogP contribution in [0.15, 0.2) is 4.63 Å². The third-order valence-electron chi connectivity index (χ3n) is 3.43. The van der Waals surface area contributed by atoms with Crippen LogP contribution < -0.4 is 5.32 Å². The molecule has 2 heterocycles. The Morgan fingerprint density at radius 2 is 2.12 bits per heavy atom. The first-order valence-corrected chi connectivity index (χ1v) is 6.53. The molecule has 1 aliphatic heterocycles. The largest absolute Gasteiger partial charge is 0.308 e. The fraction of sp³-hybridized carbons (Fsp3) is 0.833. The van der Waals surface area contributed by atoms with E-state index in [4.69, 9.17) is 0 Å². The fourth-order valence-corrected chi connectivity index (χ4v) is 2.33. The number of nitrogens with one attached hydrogen (secondary N) is 1. The van der Waals surface area contributed by atoms with Gasteiger partial charge in [-0.05, 0) is 45.8 Å². The van der Waals surface area contributed by atoms with Crippen molar-refractivity contribution in [3.63, 3.8) is 0 Å². The second kappa shape index (κ2) is 6.12. The average molecular weight is 238 g/mol. The number of nitrogens with zero attached hydrogens (tertiary/aromatic N) is 3. The molecule has 1 saturated heterocycles. The molecule has 5 nitrogen and oxygen atoms in total. The van der Waals surface area contributed by atoms with Crippen molar-refractivity contribution < 1.29 is 4.63 Å². The van der Waals surface area contributed by atoms with Crippen LogP contribution in [0.4, 0.5) is 0 Å². The lowest BCUT2D eigenvalue weighted by atomic mass is 10.0. The van der Waals surface area contributed by atoms with E-state index in [0.717, 1.165) is 17.9 Å². The van der Waals surface area contributed by atoms with Gasteiger partial charge in [0.05, 0.1) is 0 Å². The first-order chi connectivity index (χ1) is 8.29. The van der Waals surface area contributed by atoms with Crippen molar-refractivity contribution in [2.24, 2.45) is 0 Å². The Hall–Kier alpha value is -0.940. The van der Waals surface area contributed by atoms with Crippen molar-refractivity contribution >= 4 is 0 Å². The lowest BCUT2D eigenvalue weighted by Crippen LogP contribution is -2.42. The lowest BCUT2D eigenvalue weighted by molar-refractivity contribution is 0.197. The Morgan fingerprint density at radius 1 is 1.35 bits per heavy atom.